The maximum atomic E-state index is 12.3. The van der Waals surface area contributed by atoms with E-state index in [1.54, 1.807) is 19.1 Å². The summed E-state index contributed by atoms with van der Waals surface area (Å²) in [6, 6.07) is 14.7. The molecule has 2 aromatic carbocycles. The second-order valence-corrected chi connectivity index (χ2v) is 5.45. The van der Waals surface area contributed by atoms with Gasteiger partial charge in [-0.1, -0.05) is 42.0 Å². The van der Waals surface area contributed by atoms with Gasteiger partial charge in [0.05, 0.1) is 7.11 Å². The molecule has 126 valence electrons. The van der Waals surface area contributed by atoms with E-state index < -0.39 is 12.1 Å². The quantitative estimate of drug-likeness (QED) is 0.829. The van der Waals surface area contributed by atoms with Crippen LogP contribution in [0, 0.1) is 6.92 Å². The van der Waals surface area contributed by atoms with E-state index in [1.165, 1.54) is 7.11 Å². The molecular formula is C19H21NO4. The second-order valence-electron chi connectivity index (χ2n) is 5.45. The zero-order valence-electron chi connectivity index (χ0n) is 14.0. The molecule has 5 nitrogen and oxygen atoms in total. The van der Waals surface area contributed by atoms with Crippen molar-refractivity contribution in [3.05, 3.63) is 65.2 Å². The molecule has 0 bridgehead atoms. The fraction of sp³-hybridized carbons (Fsp3) is 0.263. The molecule has 0 radical (unpaired) electrons. The molecule has 2 aromatic rings. The molecule has 24 heavy (non-hydrogen) atoms. The van der Waals surface area contributed by atoms with Crippen LogP contribution in [0.15, 0.2) is 48.5 Å². The second kappa shape index (κ2) is 8.15. The monoisotopic (exact) mass is 327 g/mol. The Bertz CT molecular complexity index is 713. The van der Waals surface area contributed by atoms with E-state index in [4.69, 9.17) is 9.47 Å². The summed E-state index contributed by atoms with van der Waals surface area (Å²) < 4.78 is 10.4. The molecule has 1 atom stereocenters. The summed E-state index contributed by atoms with van der Waals surface area (Å²) in [5, 5.41) is 2.75. The maximum absolute atomic E-state index is 12.3. The summed E-state index contributed by atoms with van der Waals surface area (Å²) in [5.74, 6) is -0.515. The third-order valence-corrected chi connectivity index (χ3v) is 3.54. The van der Waals surface area contributed by atoms with Crippen molar-refractivity contribution in [2.45, 2.75) is 26.5 Å². The molecule has 0 aliphatic rings. The zero-order chi connectivity index (χ0) is 17.5. The van der Waals surface area contributed by atoms with E-state index in [9.17, 15) is 9.59 Å². The highest BCUT2D eigenvalue weighted by Crippen LogP contribution is 2.21. The van der Waals surface area contributed by atoms with Gasteiger partial charge in [0.1, 0.15) is 11.3 Å². The molecule has 0 heterocycles. The minimum Gasteiger partial charge on any atom is -0.496 e. The van der Waals surface area contributed by atoms with Gasteiger partial charge < -0.3 is 14.8 Å². The summed E-state index contributed by atoms with van der Waals surface area (Å²) in [5.41, 5.74) is 2.19. The predicted molar refractivity (Wildman–Crippen MR) is 90.9 cm³/mol. The third-order valence-electron chi connectivity index (χ3n) is 3.54. The Kier molecular flexibility index (Phi) is 5.95. The normalized spacial score (nSPS) is 11.5. The van der Waals surface area contributed by atoms with Crippen LogP contribution in [-0.4, -0.2) is 25.1 Å². The summed E-state index contributed by atoms with van der Waals surface area (Å²) in [4.78, 5) is 24.4. The predicted octanol–water partition coefficient (Wildman–Crippen LogP) is 2.87. The molecule has 0 saturated heterocycles. The van der Waals surface area contributed by atoms with Gasteiger partial charge in [0.2, 0.25) is 0 Å². The number of hydrogen-bond acceptors (Lipinski definition) is 4. The van der Waals surface area contributed by atoms with Crippen molar-refractivity contribution in [2.75, 3.05) is 7.11 Å². The van der Waals surface area contributed by atoms with Crippen LogP contribution in [0.4, 0.5) is 0 Å². The van der Waals surface area contributed by atoms with Gasteiger partial charge in [0.15, 0.2) is 6.10 Å². The fourth-order valence-electron chi connectivity index (χ4n) is 2.19. The number of benzene rings is 2. The van der Waals surface area contributed by atoms with Crippen molar-refractivity contribution >= 4 is 11.9 Å². The van der Waals surface area contributed by atoms with Crippen molar-refractivity contribution in [3.8, 4) is 5.75 Å². The first-order chi connectivity index (χ1) is 11.5. The molecule has 2 rings (SSSR count). The van der Waals surface area contributed by atoms with Gasteiger partial charge in [-0.15, -0.1) is 0 Å². The number of ether oxygens (including phenoxy) is 2. The van der Waals surface area contributed by atoms with Crippen LogP contribution in [-0.2, 0) is 16.1 Å². The number of carbonyl (C=O) groups is 2. The van der Waals surface area contributed by atoms with E-state index >= 15 is 0 Å². The number of rotatable bonds is 6. The number of esters is 1. The van der Waals surface area contributed by atoms with Gasteiger partial charge in [0.25, 0.3) is 5.91 Å². The number of nitrogens with one attached hydrogen (secondary N) is 1. The Morgan fingerprint density at radius 3 is 2.50 bits per heavy atom. The van der Waals surface area contributed by atoms with Gasteiger partial charge in [-0.2, -0.15) is 0 Å². The molecule has 0 aliphatic heterocycles. The SMILES string of the molecule is COc1ccc(C)cc1C(=O)O[C@@H](C)C(=O)NCc1ccccc1. The van der Waals surface area contributed by atoms with Crippen molar-refractivity contribution in [3.63, 3.8) is 0 Å². The largest absolute Gasteiger partial charge is 0.496 e. The summed E-state index contributed by atoms with van der Waals surface area (Å²) in [6.45, 7) is 3.79. The Labute approximate surface area is 141 Å². The van der Waals surface area contributed by atoms with Crippen LogP contribution in [0.1, 0.15) is 28.4 Å². The average Bonchev–Trinajstić information content (AvgIpc) is 2.60. The summed E-state index contributed by atoms with van der Waals surface area (Å²) >= 11 is 0. The van der Waals surface area contributed by atoms with Crippen molar-refractivity contribution < 1.29 is 19.1 Å². The van der Waals surface area contributed by atoms with E-state index in [2.05, 4.69) is 5.32 Å². The first-order valence-corrected chi connectivity index (χ1v) is 7.68. The lowest BCUT2D eigenvalue weighted by Gasteiger charge is -2.15. The maximum Gasteiger partial charge on any atom is 0.342 e. The van der Waals surface area contributed by atoms with Gasteiger partial charge in [0, 0.05) is 6.54 Å². The number of carbonyl (C=O) groups excluding carboxylic acids is 2. The van der Waals surface area contributed by atoms with Crippen molar-refractivity contribution in [2.24, 2.45) is 0 Å². The smallest absolute Gasteiger partial charge is 0.342 e. The van der Waals surface area contributed by atoms with E-state index in [0.29, 0.717) is 17.9 Å². The number of aryl methyl sites for hydroxylation is 1. The van der Waals surface area contributed by atoms with Crippen LogP contribution >= 0.6 is 0 Å². The highest BCUT2D eigenvalue weighted by Gasteiger charge is 2.21. The highest BCUT2D eigenvalue weighted by molar-refractivity contribution is 5.94. The lowest BCUT2D eigenvalue weighted by molar-refractivity contribution is -0.129. The van der Waals surface area contributed by atoms with Crippen LogP contribution in [0.5, 0.6) is 5.75 Å². The van der Waals surface area contributed by atoms with Crippen LogP contribution in [0.25, 0.3) is 0 Å². The molecule has 0 unspecified atom stereocenters. The Hall–Kier alpha value is -2.82. The van der Waals surface area contributed by atoms with Crippen molar-refractivity contribution in [1.29, 1.82) is 0 Å². The topological polar surface area (TPSA) is 64.6 Å². The molecule has 1 amide bonds. The minimum absolute atomic E-state index is 0.306. The minimum atomic E-state index is -0.897. The average molecular weight is 327 g/mol. The van der Waals surface area contributed by atoms with Gasteiger partial charge in [-0.25, -0.2) is 4.79 Å². The van der Waals surface area contributed by atoms with Crippen LogP contribution in [0.2, 0.25) is 0 Å². The Morgan fingerprint density at radius 1 is 1.12 bits per heavy atom. The summed E-state index contributed by atoms with van der Waals surface area (Å²) in [6.07, 6.45) is -0.897. The first-order valence-electron chi connectivity index (χ1n) is 7.68. The number of amides is 1. The van der Waals surface area contributed by atoms with Gasteiger partial charge in [-0.3, -0.25) is 4.79 Å². The van der Waals surface area contributed by atoms with E-state index in [1.807, 2.05) is 43.3 Å². The molecule has 0 aliphatic carbocycles. The fourth-order valence-corrected chi connectivity index (χ4v) is 2.19. The molecule has 1 N–H and O–H groups in total. The van der Waals surface area contributed by atoms with Gasteiger partial charge in [-0.05, 0) is 31.5 Å². The molecule has 0 spiro atoms. The highest BCUT2D eigenvalue weighted by atomic mass is 16.5. The number of methoxy groups -OCH3 is 1. The number of hydrogen-bond donors (Lipinski definition) is 1. The molecule has 0 saturated carbocycles. The first kappa shape index (κ1) is 17.5. The lowest BCUT2D eigenvalue weighted by Crippen LogP contribution is -2.35. The van der Waals surface area contributed by atoms with Crippen molar-refractivity contribution in [1.82, 2.24) is 5.32 Å². The molecule has 0 aromatic heterocycles. The van der Waals surface area contributed by atoms with E-state index in [-0.39, 0.29) is 5.91 Å². The molecule has 5 heteroatoms. The lowest BCUT2D eigenvalue weighted by atomic mass is 10.1. The standard InChI is InChI=1S/C19H21NO4/c1-13-9-10-17(23-3)16(11-13)19(22)24-14(2)18(21)20-12-15-7-5-4-6-8-15/h4-11,14H,12H2,1-3H3,(H,20,21)/t14-/m0/s1. The molecule has 0 fully saturated rings. The summed E-state index contributed by atoms with van der Waals surface area (Å²) in [7, 11) is 1.48. The van der Waals surface area contributed by atoms with Crippen LogP contribution in [0.3, 0.4) is 0 Å². The third kappa shape index (κ3) is 4.59. The Balaban J connectivity index is 1.96. The van der Waals surface area contributed by atoms with E-state index in [0.717, 1.165) is 11.1 Å². The van der Waals surface area contributed by atoms with Gasteiger partial charge >= 0.3 is 5.97 Å². The zero-order valence-corrected chi connectivity index (χ0v) is 14.0. The van der Waals surface area contributed by atoms with Crippen LogP contribution < -0.4 is 10.1 Å². The Morgan fingerprint density at radius 2 is 1.83 bits per heavy atom. The molecular weight excluding hydrogens is 306 g/mol.